The Balaban J connectivity index is 2.03. The quantitative estimate of drug-likeness (QED) is 0.601. The third-order valence-electron chi connectivity index (χ3n) is 3.50. The normalized spacial score (nSPS) is 10.8. The molecule has 0 spiro atoms. The molecule has 0 aliphatic carbocycles. The lowest BCUT2D eigenvalue weighted by Gasteiger charge is -2.09. The molecule has 1 heterocycles. The first-order chi connectivity index (χ1) is 10.6. The SMILES string of the molecule is C=C(C)C(=O)NCCCc1nc2ccccc2n1CCOC. The van der Waals surface area contributed by atoms with E-state index in [1.165, 1.54) is 0 Å². The van der Waals surface area contributed by atoms with Crippen molar-refractivity contribution < 1.29 is 9.53 Å². The molecule has 1 aromatic heterocycles. The van der Waals surface area contributed by atoms with Crippen LogP contribution in [0.25, 0.3) is 11.0 Å². The third-order valence-corrected chi connectivity index (χ3v) is 3.50. The van der Waals surface area contributed by atoms with Crippen molar-refractivity contribution in [3.8, 4) is 0 Å². The Kier molecular flexibility index (Phi) is 5.72. The molecule has 0 fully saturated rings. The molecule has 2 rings (SSSR count). The van der Waals surface area contributed by atoms with E-state index >= 15 is 0 Å². The van der Waals surface area contributed by atoms with Gasteiger partial charge in [0.1, 0.15) is 5.82 Å². The predicted molar refractivity (Wildman–Crippen MR) is 87.8 cm³/mol. The van der Waals surface area contributed by atoms with Crippen LogP contribution in [0.15, 0.2) is 36.4 Å². The van der Waals surface area contributed by atoms with Gasteiger partial charge in [-0.05, 0) is 25.5 Å². The van der Waals surface area contributed by atoms with E-state index in [1.54, 1.807) is 14.0 Å². The molecule has 0 radical (unpaired) electrons. The number of methoxy groups -OCH3 is 1. The lowest BCUT2D eigenvalue weighted by molar-refractivity contribution is -0.117. The van der Waals surface area contributed by atoms with Crippen LogP contribution in [0, 0.1) is 0 Å². The number of carbonyl (C=O) groups excluding carboxylic acids is 1. The summed E-state index contributed by atoms with van der Waals surface area (Å²) < 4.78 is 7.38. The van der Waals surface area contributed by atoms with Crippen molar-refractivity contribution in [3.63, 3.8) is 0 Å². The van der Waals surface area contributed by atoms with Gasteiger partial charge in [0, 0.05) is 32.2 Å². The highest BCUT2D eigenvalue weighted by Gasteiger charge is 2.10. The van der Waals surface area contributed by atoms with Crippen molar-refractivity contribution >= 4 is 16.9 Å². The molecular formula is C17H23N3O2. The number of nitrogens with one attached hydrogen (secondary N) is 1. The Bertz CT molecular complexity index is 661. The van der Waals surface area contributed by atoms with Gasteiger partial charge in [-0.15, -0.1) is 0 Å². The first-order valence-corrected chi connectivity index (χ1v) is 7.50. The summed E-state index contributed by atoms with van der Waals surface area (Å²) >= 11 is 0. The summed E-state index contributed by atoms with van der Waals surface area (Å²) in [6.45, 7) is 7.39. The van der Waals surface area contributed by atoms with Crippen molar-refractivity contribution in [1.82, 2.24) is 14.9 Å². The Labute approximate surface area is 131 Å². The van der Waals surface area contributed by atoms with Crippen molar-refractivity contribution in [2.24, 2.45) is 0 Å². The van der Waals surface area contributed by atoms with Gasteiger partial charge in [-0.1, -0.05) is 18.7 Å². The molecule has 5 heteroatoms. The molecule has 0 saturated carbocycles. The second kappa shape index (κ2) is 7.75. The summed E-state index contributed by atoms with van der Waals surface area (Å²) in [7, 11) is 1.70. The minimum absolute atomic E-state index is 0.0899. The molecule has 0 bridgehead atoms. The number of imidazole rings is 1. The second-order valence-electron chi connectivity index (χ2n) is 5.30. The Morgan fingerprint density at radius 3 is 2.91 bits per heavy atom. The summed E-state index contributed by atoms with van der Waals surface area (Å²) in [5.41, 5.74) is 2.66. The van der Waals surface area contributed by atoms with Gasteiger partial charge in [-0.3, -0.25) is 4.79 Å². The zero-order chi connectivity index (χ0) is 15.9. The number of carbonyl (C=O) groups is 1. The molecule has 0 aliphatic heterocycles. The molecule has 2 aromatic rings. The van der Waals surface area contributed by atoms with Gasteiger partial charge in [0.15, 0.2) is 0 Å². The molecule has 1 amide bonds. The number of hydrogen-bond acceptors (Lipinski definition) is 3. The fourth-order valence-corrected chi connectivity index (χ4v) is 2.35. The molecule has 118 valence electrons. The Hall–Kier alpha value is -2.14. The molecule has 0 unspecified atom stereocenters. The molecule has 0 saturated heterocycles. The fraction of sp³-hybridized carbons (Fsp3) is 0.412. The van der Waals surface area contributed by atoms with Gasteiger partial charge in [-0.25, -0.2) is 4.98 Å². The number of aromatic nitrogens is 2. The van der Waals surface area contributed by atoms with Crippen LogP contribution < -0.4 is 5.32 Å². The number of rotatable bonds is 8. The van der Waals surface area contributed by atoms with E-state index in [2.05, 4.69) is 22.5 Å². The van der Waals surface area contributed by atoms with Crippen LogP contribution in [0.1, 0.15) is 19.2 Å². The van der Waals surface area contributed by atoms with Crippen molar-refractivity contribution in [2.75, 3.05) is 20.3 Å². The maximum atomic E-state index is 11.5. The number of hydrogen-bond donors (Lipinski definition) is 1. The van der Waals surface area contributed by atoms with Gasteiger partial charge in [0.2, 0.25) is 5.91 Å². The third kappa shape index (κ3) is 3.95. The van der Waals surface area contributed by atoms with Crippen LogP contribution in [-0.4, -0.2) is 35.7 Å². The summed E-state index contributed by atoms with van der Waals surface area (Å²) in [6, 6.07) is 8.10. The summed E-state index contributed by atoms with van der Waals surface area (Å²) in [4.78, 5) is 16.1. The minimum atomic E-state index is -0.0899. The van der Waals surface area contributed by atoms with Crippen LogP contribution in [0.3, 0.4) is 0 Å². The van der Waals surface area contributed by atoms with Crippen LogP contribution in [0.4, 0.5) is 0 Å². The lowest BCUT2D eigenvalue weighted by Crippen LogP contribution is -2.25. The van der Waals surface area contributed by atoms with E-state index in [0.29, 0.717) is 18.7 Å². The number of aryl methyl sites for hydroxylation is 1. The largest absolute Gasteiger partial charge is 0.383 e. The smallest absolute Gasteiger partial charge is 0.246 e. The van der Waals surface area contributed by atoms with Crippen LogP contribution in [0.5, 0.6) is 0 Å². The van der Waals surface area contributed by atoms with E-state index < -0.39 is 0 Å². The maximum absolute atomic E-state index is 11.5. The fourth-order valence-electron chi connectivity index (χ4n) is 2.35. The van der Waals surface area contributed by atoms with Gasteiger partial charge < -0.3 is 14.6 Å². The molecular weight excluding hydrogens is 278 g/mol. The van der Waals surface area contributed by atoms with Crippen LogP contribution >= 0.6 is 0 Å². The Morgan fingerprint density at radius 1 is 1.41 bits per heavy atom. The van der Waals surface area contributed by atoms with E-state index in [1.807, 2.05) is 18.2 Å². The zero-order valence-corrected chi connectivity index (χ0v) is 13.3. The highest BCUT2D eigenvalue weighted by Crippen LogP contribution is 2.17. The number of amides is 1. The Morgan fingerprint density at radius 2 is 2.18 bits per heavy atom. The molecule has 0 aliphatic rings. The highest BCUT2D eigenvalue weighted by molar-refractivity contribution is 5.92. The average molecular weight is 301 g/mol. The van der Waals surface area contributed by atoms with Crippen molar-refractivity contribution in [1.29, 1.82) is 0 Å². The standard InChI is InChI=1S/C17H23N3O2/c1-13(2)17(21)18-10-6-9-16-19-14-7-4-5-8-15(14)20(16)11-12-22-3/h4-5,7-8H,1,6,9-12H2,2-3H3,(H,18,21). The molecule has 1 N–H and O–H groups in total. The van der Waals surface area contributed by atoms with E-state index in [4.69, 9.17) is 9.72 Å². The van der Waals surface area contributed by atoms with Gasteiger partial charge >= 0.3 is 0 Å². The lowest BCUT2D eigenvalue weighted by atomic mass is 10.2. The van der Waals surface area contributed by atoms with E-state index in [9.17, 15) is 4.79 Å². The van der Waals surface area contributed by atoms with Crippen molar-refractivity contribution in [2.45, 2.75) is 26.3 Å². The molecule has 1 aromatic carbocycles. The van der Waals surface area contributed by atoms with Gasteiger partial charge in [0.25, 0.3) is 0 Å². The summed E-state index contributed by atoms with van der Waals surface area (Å²) in [5, 5.41) is 2.85. The monoisotopic (exact) mass is 301 g/mol. The molecule has 22 heavy (non-hydrogen) atoms. The zero-order valence-electron chi connectivity index (χ0n) is 13.3. The van der Waals surface area contributed by atoms with Crippen LogP contribution in [-0.2, 0) is 22.5 Å². The number of nitrogens with zero attached hydrogens (tertiary/aromatic N) is 2. The maximum Gasteiger partial charge on any atom is 0.246 e. The highest BCUT2D eigenvalue weighted by atomic mass is 16.5. The van der Waals surface area contributed by atoms with Crippen molar-refractivity contribution in [3.05, 3.63) is 42.2 Å². The summed E-state index contributed by atoms with van der Waals surface area (Å²) in [6.07, 6.45) is 1.66. The minimum Gasteiger partial charge on any atom is -0.383 e. The summed E-state index contributed by atoms with van der Waals surface area (Å²) in [5.74, 6) is 0.940. The first kappa shape index (κ1) is 16.2. The molecule has 5 nitrogen and oxygen atoms in total. The number of fused-ring (bicyclic) bond motifs is 1. The van der Waals surface area contributed by atoms with E-state index in [0.717, 1.165) is 36.2 Å². The number of ether oxygens (including phenoxy) is 1. The van der Waals surface area contributed by atoms with E-state index in [-0.39, 0.29) is 5.91 Å². The van der Waals surface area contributed by atoms with Gasteiger partial charge in [0.05, 0.1) is 17.6 Å². The molecule has 0 atom stereocenters. The number of para-hydroxylation sites is 2. The van der Waals surface area contributed by atoms with Gasteiger partial charge in [-0.2, -0.15) is 0 Å². The first-order valence-electron chi connectivity index (χ1n) is 7.50. The topological polar surface area (TPSA) is 56.2 Å². The second-order valence-corrected chi connectivity index (χ2v) is 5.30. The average Bonchev–Trinajstić information content (AvgIpc) is 2.86. The number of benzene rings is 1. The predicted octanol–water partition coefficient (Wildman–Crippen LogP) is 2.31. The van der Waals surface area contributed by atoms with Crippen LogP contribution in [0.2, 0.25) is 0 Å².